The molecule has 1 spiro atoms. The number of hydrogen-bond donors (Lipinski definition) is 1. The number of nitrogens with one attached hydrogen (secondary N) is 1. The molecule has 6 heteroatoms. The SMILES string of the molecule is Cl.O=C(OCc1ccccc1)N1CCC2(CCN(CC3CCNCC3)CC2)CC1. The van der Waals surface area contributed by atoms with E-state index in [0.717, 1.165) is 37.4 Å². The second-order valence-electron chi connectivity index (χ2n) is 9.02. The average Bonchev–Trinajstić information content (AvgIpc) is 2.76. The molecule has 1 aromatic rings. The Kier molecular flexibility index (Phi) is 8.22. The summed E-state index contributed by atoms with van der Waals surface area (Å²) in [6.07, 6.45) is 7.38. The predicted molar refractivity (Wildman–Crippen MR) is 118 cm³/mol. The van der Waals surface area contributed by atoms with Gasteiger partial charge in [0, 0.05) is 19.6 Å². The monoisotopic (exact) mass is 421 g/mol. The van der Waals surface area contributed by atoms with Gasteiger partial charge in [0.15, 0.2) is 0 Å². The Hall–Kier alpha value is -1.30. The number of halogens is 1. The van der Waals surface area contributed by atoms with E-state index in [1.165, 1.54) is 58.4 Å². The molecule has 3 aliphatic heterocycles. The summed E-state index contributed by atoms with van der Waals surface area (Å²) >= 11 is 0. The lowest BCUT2D eigenvalue weighted by Gasteiger charge is -2.47. The van der Waals surface area contributed by atoms with Crippen molar-refractivity contribution in [2.24, 2.45) is 11.3 Å². The molecule has 0 unspecified atom stereocenters. The number of nitrogens with zero attached hydrogens (tertiary/aromatic N) is 2. The van der Waals surface area contributed by atoms with Crippen LogP contribution in [-0.4, -0.2) is 61.7 Å². The molecule has 4 rings (SSSR count). The summed E-state index contributed by atoms with van der Waals surface area (Å²) in [6, 6.07) is 9.93. The Labute approximate surface area is 181 Å². The van der Waals surface area contributed by atoms with Gasteiger partial charge >= 0.3 is 6.09 Å². The lowest BCUT2D eigenvalue weighted by atomic mass is 9.71. The second-order valence-corrected chi connectivity index (χ2v) is 9.02. The van der Waals surface area contributed by atoms with Crippen LogP contribution in [0.5, 0.6) is 0 Å². The first kappa shape index (κ1) is 22.4. The van der Waals surface area contributed by atoms with Crippen molar-refractivity contribution in [2.45, 2.75) is 45.1 Å². The maximum Gasteiger partial charge on any atom is 0.410 e. The third-order valence-electron chi connectivity index (χ3n) is 7.18. The molecule has 3 saturated heterocycles. The van der Waals surface area contributed by atoms with Gasteiger partial charge in [0.2, 0.25) is 0 Å². The van der Waals surface area contributed by atoms with E-state index >= 15 is 0 Å². The summed E-state index contributed by atoms with van der Waals surface area (Å²) in [5.74, 6) is 0.886. The van der Waals surface area contributed by atoms with E-state index < -0.39 is 0 Å². The quantitative estimate of drug-likeness (QED) is 0.800. The van der Waals surface area contributed by atoms with Gasteiger partial charge in [0.25, 0.3) is 0 Å². The molecule has 1 aromatic carbocycles. The Balaban J connectivity index is 0.00000240. The number of piperidine rings is 3. The molecule has 0 aromatic heterocycles. The number of rotatable bonds is 4. The fourth-order valence-electron chi connectivity index (χ4n) is 5.11. The lowest BCUT2D eigenvalue weighted by molar-refractivity contribution is 0.0215. The maximum absolute atomic E-state index is 12.4. The number of carbonyl (C=O) groups is 1. The van der Waals surface area contributed by atoms with Crippen LogP contribution in [0.4, 0.5) is 4.79 Å². The van der Waals surface area contributed by atoms with Gasteiger partial charge in [-0.2, -0.15) is 0 Å². The average molecular weight is 422 g/mol. The minimum atomic E-state index is -0.151. The summed E-state index contributed by atoms with van der Waals surface area (Å²) in [4.78, 5) is 17.0. The predicted octanol–water partition coefficient (Wildman–Crippen LogP) is 3.92. The third-order valence-corrected chi connectivity index (χ3v) is 7.18. The number of carbonyl (C=O) groups excluding carboxylic acids is 1. The Morgan fingerprint density at radius 2 is 1.62 bits per heavy atom. The number of hydrogen-bond acceptors (Lipinski definition) is 4. The molecular formula is C23H36ClN3O2. The van der Waals surface area contributed by atoms with Crippen LogP contribution >= 0.6 is 12.4 Å². The van der Waals surface area contributed by atoms with Crippen LogP contribution in [0, 0.1) is 11.3 Å². The molecule has 162 valence electrons. The van der Waals surface area contributed by atoms with E-state index in [1.807, 2.05) is 35.2 Å². The van der Waals surface area contributed by atoms with Gasteiger partial charge in [0.1, 0.15) is 6.61 Å². The summed E-state index contributed by atoms with van der Waals surface area (Å²) in [5.41, 5.74) is 1.51. The Bertz CT molecular complexity index is 618. The zero-order chi connectivity index (χ0) is 19.2. The topological polar surface area (TPSA) is 44.8 Å². The highest BCUT2D eigenvalue weighted by Gasteiger charge is 2.39. The molecule has 29 heavy (non-hydrogen) atoms. The van der Waals surface area contributed by atoms with Crippen molar-refractivity contribution >= 4 is 18.5 Å². The van der Waals surface area contributed by atoms with Crippen molar-refractivity contribution in [1.29, 1.82) is 0 Å². The van der Waals surface area contributed by atoms with Gasteiger partial charge in [0.05, 0.1) is 0 Å². The molecule has 0 aliphatic carbocycles. The van der Waals surface area contributed by atoms with Crippen LogP contribution in [0.1, 0.15) is 44.1 Å². The van der Waals surface area contributed by atoms with Crippen molar-refractivity contribution < 1.29 is 9.53 Å². The summed E-state index contributed by atoms with van der Waals surface area (Å²) in [7, 11) is 0. The fourth-order valence-corrected chi connectivity index (χ4v) is 5.11. The minimum Gasteiger partial charge on any atom is -0.445 e. The number of amides is 1. The first-order chi connectivity index (χ1) is 13.7. The molecule has 0 atom stereocenters. The zero-order valence-electron chi connectivity index (χ0n) is 17.5. The molecule has 3 aliphatic rings. The van der Waals surface area contributed by atoms with Crippen LogP contribution in [-0.2, 0) is 11.3 Å². The van der Waals surface area contributed by atoms with E-state index in [0.29, 0.717) is 12.0 Å². The highest BCUT2D eigenvalue weighted by atomic mass is 35.5. The largest absolute Gasteiger partial charge is 0.445 e. The number of benzene rings is 1. The van der Waals surface area contributed by atoms with Crippen LogP contribution in [0.2, 0.25) is 0 Å². The van der Waals surface area contributed by atoms with Crippen LogP contribution in [0.3, 0.4) is 0 Å². The first-order valence-electron chi connectivity index (χ1n) is 11.1. The molecular weight excluding hydrogens is 386 g/mol. The van der Waals surface area contributed by atoms with Crippen molar-refractivity contribution in [3.63, 3.8) is 0 Å². The molecule has 1 amide bonds. The third kappa shape index (κ3) is 6.09. The normalized spacial score (nSPS) is 22.8. The molecule has 0 radical (unpaired) electrons. The molecule has 1 N–H and O–H groups in total. The van der Waals surface area contributed by atoms with Crippen molar-refractivity contribution in [1.82, 2.24) is 15.1 Å². The molecule has 3 heterocycles. The van der Waals surface area contributed by atoms with Crippen molar-refractivity contribution in [3.05, 3.63) is 35.9 Å². The van der Waals surface area contributed by atoms with Crippen molar-refractivity contribution in [3.8, 4) is 0 Å². The Morgan fingerprint density at radius 1 is 1.00 bits per heavy atom. The van der Waals surface area contributed by atoms with E-state index in [9.17, 15) is 4.79 Å². The summed E-state index contributed by atoms with van der Waals surface area (Å²) < 4.78 is 5.52. The van der Waals surface area contributed by atoms with Crippen molar-refractivity contribution in [2.75, 3.05) is 45.8 Å². The fraction of sp³-hybridized carbons (Fsp3) is 0.696. The minimum absolute atomic E-state index is 0. The van der Waals surface area contributed by atoms with E-state index in [-0.39, 0.29) is 18.5 Å². The van der Waals surface area contributed by atoms with E-state index in [1.54, 1.807) is 0 Å². The number of ether oxygens (including phenoxy) is 1. The standard InChI is InChI=1S/C23H35N3O2.ClH/c27-22(28-19-21-4-2-1-3-5-21)26-16-10-23(11-17-26)8-14-25(15-9-23)18-20-6-12-24-13-7-20;/h1-5,20,24H,6-19H2;1H. The number of likely N-dealkylation sites (tertiary alicyclic amines) is 2. The first-order valence-corrected chi connectivity index (χ1v) is 11.1. The molecule has 3 fully saturated rings. The van der Waals surface area contributed by atoms with Gasteiger partial charge in [-0.25, -0.2) is 4.79 Å². The second kappa shape index (κ2) is 10.6. The summed E-state index contributed by atoms with van der Waals surface area (Å²) in [5, 5.41) is 3.47. The van der Waals surface area contributed by atoms with E-state index in [2.05, 4.69) is 10.2 Å². The van der Waals surface area contributed by atoms with Gasteiger partial charge in [-0.05, 0) is 81.6 Å². The van der Waals surface area contributed by atoms with Crippen LogP contribution in [0.15, 0.2) is 30.3 Å². The maximum atomic E-state index is 12.4. The zero-order valence-corrected chi connectivity index (χ0v) is 18.3. The van der Waals surface area contributed by atoms with Gasteiger partial charge in [-0.15, -0.1) is 12.4 Å². The lowest BCUT2D eigenvalue weighted by Crippen LogP contribution is -2.49. The molecule has 0 bridgehead atoms. The smallest absolute Gasteiger partial charge is 0.410 e. The van der Waals surface area contributed by atoms with Gasteiger partial charge in [-0.3, -0.25) is 0 Å². The van der Waals surface area contributed by atoms with Crippen LogP contribution in [0.25, 0.3) is 0 Å². The highest BCUT2D eigenvalue weighted by molar-refractivity contribution is 5.85. The summed E-state index contributed by atoms with van der Waals surface area (Å²) in [6.45, 7) is 8.22. The van der Waals surface area contributed by atoms with Crippen LogP contribution < -0.4 is 5.32 Å². The highest BCUT2D eigenvalue weighted by Crippen LogP contribution is 2.41. The van der Waals surface area contributed by atoms with E-state index in [4.69, 9.17) is 4.74 Å². The van der Waals surface area contributed by atoms with Gasteiger partial charge in [-0.1, -0.05) is 30.3 Å². The Morgan fingerprint density at radius 3 is 2.28 bits per heavy atom. The van der Waals surface area contributed by atoms with Gasteiger partial charge < -0.3 is 19.9 Å². The molecule has 0 saturated carbocycles. The molecule has 5 nitrogen and oxygen atoms in total.